The Morgan fingerprint density at radius 2 is 1.48 bits per heavy atom. The molecule has 0 amide bonds. The minimum absolute atomic E-state index is 0.127. The zero-order valence-electron chi connectivity index (χ0n) is 16.7. The van der Waals surface area contributed by atoms with Crippen molar-refractivity contribution in [3.8, 4) is 11.4 Å². The molecule has 1 fully saturated rings. The van der Waals surface area contributed by atoms with Crippen LogP contribution in [0, 0.1) is 0 Å². The Kier molecular flexibility index (Phi) is 4.80. The average Bonchev–Trinajstić information content (AvgIpc) is 3.52. The Morgan fingerprint density at radius 1 is 0.818 bits per heavy atom. The third-order valence-corrected chi connectivity index (χ3v) is 5.30. The highest BCUT2D eigenvalue weighted by atomic mass is 19.4. The zero-order chi connectivity index (χ0) is 23.4. The van der Waals surface area contributed by atoms with Gasteiger partial charge in [-0.2, -0.15) is 26.3 Å². The van der Waals surface area contributed by atoms with E-state index in [1.54, 1.807) is 0 Å². The lowest BCUT2D eigenvalue weighted by Crippen LogP contribution is -2.07. The van der Waals surface area contributed by atoms with E-state index < -0.39 is 23.5 Å². The first kappa shape index (κ1) is 21.2. The van der Waals surface area contributed by atoms with Crippen LogP contribution in [-0.2, 0) is 12.4 Å². The van der Waals surface area contributed by atoms with Gasteiger partial charge in [0.15, 0.2) is 0 Å². The van der Waals surface area contributed by atoms with E-state index in [1.165, 1.54) is 35.0 Å². The van der Waals surface area contributed by atoms with Crippen molar-refractivity contribution < 1.29 is 26.3 Å². The van der Waals surface area contributed by atoms with Crippen molar-refractivity contribution in [2.24, 2.45) is 0 Å². The number of fused-ring (bicyclic) bond motifs is 1. The van der Waals surface area contributed by atoms with Crippen LogP contribution < -0.4 is 5.32 Å². The lowest BCUT2D eigenvalue weighted by Gasteiger charge is -2.11. The molecule has 0 unspecified atom stereocenters. The van der Waals surface area contributed by atoms with Gasteiger partial charge in [-0.1, -0.05) is 0 Å². The quantitative estimate of drug-likeness (QED) is 0.354. The molecular weight excluding hydrogens is 448 g/mol. The van der Waals surface area contributed by atoms with Crippen LogP contribution in [0.4, 0.5) is 37.8 Å². The summed E-state index contributed by atoms with van der Waals surface area (Å²) in [5, 5.41) is 2.88. The molecule has 33 heavy (non-hydrogen) atoms. The van der Waals surface area contributed by atoms with Gasteiger partial charge < -0.3 is 5.32 Å². The molecule has 0 atom stereocenters. The fraction of sp³-hybridized carbons (Fsp3) is 0.227. The van der Waals surface area contributed by atoms with Crippen molar-refractivity contribution in [2.45, 2.75) is 31.1 Å². The molecular formula is C22H15F6N5. The predicted molar refractivity (Wildman–Crippen MR) is 108 cm³/mol. The van der Waals surface area contributed by atoms with E-state index in [1.807, 2.05) is 0 Å². The molecule has 11 heteroatoms. The van der Waals surface area contributed by atoms with Gasteiger partial charge in [-0.25, -0.2) is 9.97 Å². The standard InChI is InChI=1S/C22H15F6N5/c23-21(24,25)13-3-6-15(7-4-13)30-17-10-29-9-16(31-17)20-19(12-1-2-12)32-18-8-5-14(11-33(18)20)22(26,27)28/h3-12H,1-2H2,(H,30,31). The van der Waals surface area contributed by atoms with Gasteiger partial charge in [0.2, 0.25) is 0 Å². The molecule has 1 saturated carbocycles. The Hall–Kier alpha value is -3.63. The number of alkyl halides is 6. The Balaban J connectivity index is 1.54. The van der Waals surface area contributed by atoms with Crippen molar-refractivity contribution in [3.63, 3.8) is 0 Å². The van der Waals surface area contributed by atoms with E-state index in [4.69, 9.17) is 0 Å². The van der Waals surface area contributed by atoms with Crippen LogP contribution in [0.1, 0.15) is 35.6 Å². The fourth-order valence-corrected chi connectivity index (χ4v) is 3.56. The van der Waals surface area contributed by atoms with E-state index in [2.05, 4.69) is 20.3 Å². The smallest absolute Gasteiger partial charge is 0.339 e. The number of pyridine rings is 1. The predicted octanol–water partition coefficient (Wildman–Crippen LogP) is 6.45. The number of halogens is 6. The summed E-state index contributed by atoms with van der Waals surface area (Å²) in [6.45, 7) is 0. The topological polar surface area (TPSA) is 55.1 Å². The van der Waals surface area contributed by atoms with Crippen molar-refractivity contribution in [1.82, 2.24) is 19.4 Å². The molecule has 0 bridgehead atoms. The minimum Gasteiger partial charge on any atom is -0.339 e. The van der Waals surface area contributed by atoms with Gasteiger partial charge in [-0.05, 0) is 49.2 Å². The highest BCUT2D eigenvalue weighted by molar-refractivity contribution is 5.67. The summed E-state index contributed by atoms with van der Waals surface area (Å²) in [6, 6.07) is 6.70. The Labute approximate surface area is 183 Å². The zero-order valence-corrected chi connectivity index (χ0v) is 16.7. The maximum atomic E-state index is 13.3. The van der Waals surface area contributed by atoms with Crippen LogP contribution in [0.5, 0.6) is 0 Å². The van der Waals surface area contributed by atoms with E-state index in [0.717, 1.165) is 37.2 Å². The van der Waals surface area contributed by atoms with E-state index >= 15 is 0 Å². The molecule has 5 nitrogen and oxygen atoms in total. The van der Waals surface area contributed by atoms with Gasteiger partial charge in [0.05, 0.1) is 34.9 Å². The monoisotopic (exact) mass is 463 g/mol. The van der Waals surface area contributed by atoms with Gasteiger partial charge in [-0.3, -0.25) is 9.38 Å². The summed E-state index contributed by atoms with van der Waals surface area (Å²) < 4.78 is 79.6. The molecule has 0 radical (unpaired) electrons. The average molecular weight is 463 g/mol. The molecule has 1 aliphatic rings. The van der Waals surface area contributed by atoms with Crippen molar-refractivity contribution in [1.29, 1.82) is 0 Å². The molecule has 170 valence electrons. The summed E-state index contributed by atoms with van der Waals surface area (Å²) in [4.78, 5) is 13.1. The highest BCUT2D eigenvalue weighted by Gasteiger charge is 2.34. The van der Waals surface area contributed by atoms with E-state index in [9.17, 15) is 26.3 Å². The third kappa shape index (κ3) is 4.22. The summed E-state index contributed by atoms with van der Waals surface area (Å²) in [5.74, 6) is 0.360. The summed E-state index contributed by atoms with van der Waals surface area (Å²) in [5.41, 5.74) is 0.492. The van der Waals surface area contributed by atoms with Gasteiger partial charge >= 0.3 is 12.4 Å². The summed E-state index contributed by atoms with van der Waals surface area (Å²) in [7, 11) is 0. The molecule has 1 aromatic carbocycles. The number of rotatable bonds is 4. The van der Waals surface area contributed by atoms with Crippen LogP contribution in [0.15, 0.2) is 55.0 Å². The first-order chi connectivity index (χ1) is 15.6. The molecule has 0 aliphatic heterocycles. The number of benzene rings is 1. The van der Waals surface area contributed by atoms with Gasteiger partial charge in [0.1, 0.15) is 17.2 Å². The van der Waals surface area contributed by atoms with Gasteiger partial charge in [0.25, 0.3) is 0 Å². The molecule has 1 N–H and O–H groups in total. The molecule has 0 spiro atoms. The number of nitrogens with one attached hydrogen (secondary N) is 1. The number of anilines is 2. The molecule has 1 aliphatic carbocycles. The van der Waals surface area contributed by atoms with Crippen LogP contribution in [-0.4, -0.2) is 19.4 Å². The second-order valence-corrected chi connectivity index (χ2v) is 7.75. The highest BCUT2D eigenvalue weighted by Crippen LogP contribution is 2.44. The number of nitrogens with zero attached hydrogens (tertiary/aromatic N) is 4. The Bertz CT molecular complexity index is 1320. The molecule has 3 heterocycles. The van der Waals surface area contributed by atoms with E-state index in [-0.39, 0.29) is 11.7 Å². The number of aromatic nitrogens is 4. The molecule has 0 saturated heterocycles. The second-order valence-electron chi connectivity index (χ2n) is 7.75. The number of hydrogen-bond acceptors (Lipinski definition) is 4. The van der Waals surface area contributed by atoms with Gasteiger partial charge in [0, 0.05) is 17.8 Å². The first-order valence-corrected chi connectivity index (χ1v) is 9.95. The van der Waals surface area contributed by atoms with E-state index in [0.29, 0.717) is 28.4 Å². The van der Waals surface area contributed by atoms with Crippen LogP contribution in [0.3, 0.4) is 0 Å². The lowest BCUT2D eigenvalue weighted by molar-refractivity contribution is -0.138. The van der Waals surface area contributed by atoms with Crippen LogP contribution in [0.2, 0.25) is 0 Å². The number of imidazole rings is 1. The normalized spacial score (nSPS) is 14.6. The molecule has 5 rings (SSSR count). The molecule has 3 aromatic heterocycles. The van der Waals surface area contributed by atoms with Crippen molar-refractivity contribution in [3.05, 3.63) is 71.8 Å². The van der Waals surface area contributed by atoms with Crippen molar-refractivity contribution >= 4 is 17.2 Å². The summed E-state index contributed by atoms with van der Waals surface area (Å²) >= 11 is 0. The fourth-order valence-electron chi connectivity index (χ4n) is 3.56. The Morgan fingerprint density at radius 3 is 2.12 bits per heavy atom. The minimum atomic E-state index is -4.52. The number of hydrogen-bond donors (Lipinski definition) is 1. The van der Waals surface area contributed by atoms with Crippen molar-refractivity contribution in [2.75, 3.05) is 5.32 Å². The third-order valence-electron chi connectivity index (χ3n) is 5.30. The first-order valence-electron chi connectivity index (χ1n) is 9.95. The van der Waals surface area contributed by atoms with Crippen LogP contribution in [0.25, 0.3) is 17.0 Å². The largest absolute Gasteiger partial charge is 0.417 e. The lowest BCUT2D eigenvalue weighted by atomic mass is 10.2. The summed E-state index contributed by atoms with van der Waals surface area (Å²) in [6.07, 6.45) is -3.43. The van der Waals surface area contributed by atoms with Gasteiger partial charge in [-0.15, -0.1) is 0 Å². The SMILES string of the molecule is FC(F)(F)c1ccc(Nc2cncc(-c3c(C4CC4)nc4ccc(C(F)(F)F)cn34)n2)cc1. The maximum absolute atomic E-state index is 13.3. The molecule has 4 aromatic rings. The van der Waals surface area contributed by atoms with Crippen LogP contribution >= 0.6 is 0 Å². The second kappa shape index (κ2) is 7.46. The maximum Gasteiger partial charge on any atom is 0.417 e.